The van der Waals surface area contributed by atoms with Crippen LogP contribution in [0.5, 0.6) is 0 Å². The molecule has 4 unspecified atom stereocenters. The van der Waals surface area contributed by atoms with E-state index in [0.717, 1.165) is 53.8 Å². The largest absolute Gasteiger partial charge is 0.354 e. The molecule has 354 valence electrons. The molecule has 4 atom stereocenters. The van der Waals surface area contributed by atoms with E-state index < -0.39 is 0 Å². The van der Waals surface area contributed by atoms with Gasteiger partial charge in [-0.1, -0.05) is 219 Å². The summed E-state index contributed by atoms with van der Waals surface area (Å²) < 4.78 is 0. The second-order valence-corrected chi connectivity index (χ2v) is 20.2. The summed E-state index contributed by atoms with van der Waals surface area (Å²) in [5.41, 5.74) is 2.08. The van der Waals surface area contributed by atoms with Gasteiger partial charge in [0.15, 0.2) is 0 Å². The van der Waals surface area contributed by atoms with Gasteiger partial charge >= 0.3 is 0 Å². The molecular formula is C57H96N6. The second-order valence-electron chi connectivity index (χ2n) is 20.2. The summed E-state index contributed by atoms with van der Waals surface area (Å²) in [5.74, 6) is 6.31. The molecule has 0 bridgehead atoms. The van der Waals surface area contributed by atoms with Crippen LogP contribution in [0.15, 0.2) is 60.7 Å². The van der Waals surface area contributed by atoms with Crippen molar-refractivity contribution in [1.82, 2.24) is 20.3 Å². The van der Waals surface area contributed by atoms with E-state index in [1.807, 2.05) is 12.1 Å². The Hall–Kier alpha value is -2.99. The average molecular weight is 865 g/mol. The summed E-state index contributed by atoms with van der Waals surface area (Å²) in [6.45, 7) is 15.6. The van der Waals surface area contributed by atoms with Crippen molar-refractivity contribution in [3.63, 3.8) is 0 Å². The van der Waals surface area contributed by atoms with Crippen molar-refractivity contribution < 1.29 is 0 Å². The minimum atomic E-state index is 0.200. The van der Waals surface area contributed by atoms with E-state index in [4.69, 9.17) is 15.0 Å². The monoisotopic (exact) mass is 865 g/mol. The number of hydrogen-bond acceptors (Lipinski definition) is 6. The summed E-state index contributed by atoms with van der Waals surface area (Å²) in [5, 5.41) is 7.17. The van der Waals surface area contributed by atoms with Gasteiger partial charge in [0.05, 0.1) is 0 Å². The number of hydrogen-bond donors (Lipinski definition) is 2. The Kier molecular flexibility index (Phi) is 27.3. The lowest BCUT2D eigenvalue weighted by Gasteiger charge is -2.44. The Bertz CT molecular complexity index is 1490. The molecule has 0 saturated heterocycles. The van der Waals surface area contributed by atoms with Gasteiger partial charge in [0.1, 0.15) is 5.82 Å². The number of anilines is 4. The first-order valence-corrected chi connectivity index (χ1v) is 27.0. The molecule has 63 heavy (non-hydrogen) atoms. The maximum Gasteiger partial charge on any atom is 0.239 e. The van der Waals surface area contributed by atoms with Crippen LogP contribution in [0, 0.1) is 23.7 Å². The molecule has 0 spiro atoms. The molecule has 0 radical (unpaired) electrons. The quantitative estimate of drug-likeness (QED) is 0.0568. The van der Waals surface area contributed by atoms with E-state index in [2.05, 4.69) is 106 Å². The Morgan fingerprint density at radius 1 is 0.492 bits per heavy atom. The van der Waals surface area contributed by atoms with Crippen LogP contribution in [0.2, 0.25) is 0 Å². The van der Waals surface area contributed by atoms with Crippen LogP contribution in [-0.4, -0.2) is 34.1 Å². The van der Waals surface area contributed by atoms with Crippen molar-refractivity contribution in [3.05, 3.63) is 66.5 Å². The Morgan fingerprint density at radius 3 is 1.38 bits per heavy atom. The maximum absolute atomic E-state index is 4.97. The molecule has 1 aliphatic rings. The normalized spacial score (nSPS) is 17.8. The third-order valence-corrected chi connectivity index (χ3v) is 14.2. The summed E-state index contributed by atoms with van der Waals surface area (Å²) in [6.07, 6.45) is 39.8. The SMILES string of the molecule is CCCCCCC1CCC(CCCCCCCCCNc2nc(C(C)C)nc(N(c3ccccc3)c3ccccc3)n2)C(CCCCCCCCCNC(C)C)C1CCCCCC. The molecule has 4 rings (SSSR count). The first kappa shape index (κ1) is 52.6. The van der Waals surface area contributed by atoms with E-state index in [9.17, 15) is 0 Å². The number of benzene rings is 2. The van der Waals surface area contributed by atoms with Gasteiger partial charge in [0, 0.05) is 29.9 Å². The maximum atomic E-state index is 4.97. The standard InChI is InChI=1S/C57H96N6/c1-7-9-11-25-35-49-43-44-50(54(53(49)41-31-12-10-8-2)42-32-20-16-14-17-21-33-45-58-48(5)6)36-26-19-15-13-18-22-34-46-59-56-60-55(47(3)4)61-57(62-56)63(51-37-27-23-28-38-51)52-39-29-24-30-40-52/h23-24,27-30,37-40,47-50,53-54,58H,7-22,25-26,31-36,41-46H2,1-6H3,(H,59,60,61,62). The molecule has 1 saturated carbocycles. The molecule has 3 aromatic rings. The van der Waals surface area contributed by atoms with E-state index in [-0.39, 0.29) is 5.92 Å². The lowest BCUT2D eigenvalue weighted by molar-refractivity contribution is 0.0581. The van der Waals surface area contributed by atoms with Gasteiger partial charge in [-0.05, 0) is 93.0 Å². The van der Waals surface area contributed by atoms with Crippen molar-refractivity contribution in [3.8, 4) is 0 Å². The summed E-state index contributed by atoms with van der Waals surface area (Å²) in [7, 11) is 0. The van der Waals surface area contributed by atoms with Gasteiger partial charge < -0.3 is 10.6 Å². The Morgan fingerprint density at radius 2 is 0.921 bits per heavy atom. The van der Waals surface area contributed by atoms with E-state index in [0.29, 0.717) is 17.9 Å². The first-order valence-electron chi connectivity index (χ1n) is 27.0. The van der Waals surface area contributed by atoms with Crippen LogP contribution < -0.4 is 15.5 Å². The zero-order chi connectivity index (χ0) is 44.7. The molecule has 1 fully saturated rings. The van der Waals surface area contributed by atoms with Gasteiger partial charge in [-0.15, -0.1) is 0 Å². The number of nitrogens with one attached hydrogen (secondary N) is 2. The molecular weight excluding hydrogens is 769 g/mol. The molecule has 2 N–H and O–H groups in total. The molecule has 0 amide bonds. The van der Waals surface area contributed by atoms with Crippen LogP contribution in [0.3, 0.4) is 0 Å². The second kappa shape index (κ2) is 32.6. The van der Waals surface area contributed by atoms with Gasteiger partial charge in [0.25, 0.3) is 0 Å². The van der Waals surface area contributed by atoms with Gasteiger partial charge in [0.2, 0.25) is 11.9 Å². The topological polar surface area (TPSA) is 66.0 Å². The Labute approximate surface area is 388 Å². The molecule has 1 aliphatic carbocycles. The molecule has 1 heterocycles. The molecule has 2 aromatic carbocycles. The van der Waals surface area contributed by atoms with Crippen molar-refractivity contribution in [2.24, 2.45) is 23.7 Å². The summed E-state index contributed by atoms with van der Waals surface area (Å²) in [4.78, 5) is 16.9. The zero-order valence-corrected chi connectivity index (χ0v) is 41.7. The van der Waals surface area contributed by atoms with Gasteiger partial charge in [-0.25, -0.2) is 0 Å². The van der Waals surface area contributed by atoms with E-state index in [1.165, 1.54) is 180 Å². The fraction of sp³-hybridized carbons (Fsp3) is 0.737. The average Bonchev–Trinajstić information content (AvgIpc) is 3.29. The van der Waals surface area contributed by atoms with Gasteiger partial charge in [-0.2, -0.15) is 15.0 Å². The van der Waals surface area contributed by atoms with Gasteiger partial charge in [-0.3, -0.25) is 4.90 Å². The summed E-state index contributed by atoms with van der Waals surface area (Å²) >= 11 is 0. The minimum Gasteiger partial charge on any atom is -0.354 e. The Balaban J connectivity index is 1.22. The predicted molar refractivity (Wildman–Crippen MR) is 275 cm³/mol. The highest BCUT2D eigenvalue weighted by atomic mass is 15.3. The highest BCUT2D eigenvalue weighted by Crippen LogP contribution is 2.48. The fourth-order valence-corrected chi connectivity index (χ4v) is 10.6. The van der Waals surface area contributed by atoms with Crippen LogP contribution >= 0.6 is 0 Å². The number of aromatic nitrogens is 3. The van der Waals surface area contributed by atoms with E-state index >= 15 is 0 Å². The first-order chi connectivity index (χ1) is 30.9. The third-order valence-electron chi connectivity index (χ3n) is 14.2. The van der Waals surface area contributed by atoms with Crippen molar-refractivity contribution in [2.45, 2.75) is 233 Å². The minimum absolute atomic E-state index is 0.200. The lowest BCUT2D eigenvalue weighted by atomic mass is 9.61. The summed E-state index contributed by atoms with van der Waals surface area (Å²) in [6, 6.07) is 21.4. The van der Waals surface area contributed by atoms with Crippen LogP contribution in [-0.2, 0) is 0 Å². The molecule has 0 aliphatic heterocycles. The van der Waals surface area contributed by atoms with Crippen molar-refractivity contribution in [1.29, 1.82) is 0 Å². The predicted octanol–water partition coefficient (Wildman–Crippen LogP) is 17.3. The third kappa shape index (κ3) is 20.8. The molecule has 1 aromatic heterocycles. The highest BCUT2D eigenvalue weighted by Gasteiger charge is 2.37. The van der Waals surface area contributed by atoms with Crippen LogP contribution in [0.1, 0.15) is 233 Å². The van der Waals surface area contributed by atoms with Crippen molar-refractivity contribution in [2.75, 3.05) is 23.3 Å². The smallest absolute Gasteiger partial charge is 0.239 e. The number of nitrogens with zero attached hydrogens (tertiary/aromatic N) is 4. The van der Waals surface area contributed by atoms with Crippen molar-refractivity contribution >= 4 is 23.3 Å². The fourth-order valence-electron chi connectivity index (χ4n) is 10.6. The highest BCUT2D eigenvalue weighted by molar-refractivity contribution is 5.72. The van der Waals surface area contributed by atoms with Crippen LogP contribution in [0.4, 0.5) is 23.3 Å². The number of unbranched alkanes of at least 4 members (excludes halogenated alkanes) is 18. The van der Waals surface area contributed by atoms with E-state index in [1.54, 1.807) is 0 Å². The lowest BCUT2D eigenvalue weighted by Crippen LogP contribution is -2.35. The molecule has 6 nitrogen and oxygen atoms in total. The zero-order valence-electron chi connectivity index (χ0n) is 41.7. The molecule has 6 heteroatoms. The number of rotatable bonds is 36. The number of para-hydroxylation sites is 2. The van der Waals surface area contributed by atoms with Crippen LogP contribution in [0.25, 0.3) is 0 Å².